The highest BCUT2D eigenvalue weighted by Gasteiger charge is 2.08. The number of pyridine rings is 2. The van der Waals surface area contributed by atoms with Gasteiger partial charge in [-0.25, -0.2) is 9.97 Å². The molecule has 0 bridgehead atoms. The molecule has 5 heteroatoms. The van der Waals surface area contributed by atoms with Gasteiger partial charge in [0.2, 0.25) is 0 Å². The fourth-order valence-corrected chi connectivity index (χ4v) is 2.23. The quantitative estimate of drug-likeness (QED) is 0.756. The fourth-order valence-electron chi connectivity index (χ4n) is 2.23. The van der Waals surface area contributed by atoms with E-state index in [1.165, 1.54) is 0 Å². The molecule has 1 N–H and O–H groups in total. The standard InChI is InChI=1S/C14H13N5/c1-19(2)8-9-3-12-11-4-10(5-15)16-7-13(11)18-14(12)17-6-9/h3-4,6-7H,8H2,1-2H3,(H,17,18). The van der Waals surface area contributed by atoms with Gasteiger partial charge in [-0.05, 0) is 31.8 Å². The highest BCUT2D eigenvalue weighted by atomic mass is 15.0. The van der Waals surface area contributed by atoms with Crippen LogP contribution >= 0.6 is 0 Å². The second-order valence-electron chi connectivity index (χ2n) is 4.83. The summed E-state index contributed by atoms with van der Waals surface area (Å²) in [4.78, 5) is 13.8. The van der Waals surface area contributed by atoms with Crippen molar-refractivity contribution >= 4 is 21.9 Å². The molecule has 94 valence electrons. The number of aromatic amines is 1. The maximum absolute atomic E-state index is 8.94. The maximum atomic E-state index is 8.94. The second kappa shape index (κ2) is 4.34. The van der Waals surface area contributed by atoms with Gasteiger partial charge in [0.1, 0.15) is 17.4 Å². The third-order valence-corrected chi connectivity index (χ3v) is 3.00. The normalized spacial score (nSPS) is 11.3. The Hall–Kier alpha value is -2.45. The van der Waals surface area contributed by atoms with Gasteiger partial charge in [0.15, 0.2) is 0 Å². The highest BCUT2D eigenvalue weighted by molar-refractivity contribution is 6.05. The lowest BCUT2D eigenvalue weighted by Gasteiger charge is -2.08. The summed E-state index contributed by atoms with van der Waals surface area (Å²) in [5, 5.41) is 11.0. The minimum Gasteiger partial charge on any atom is -0.338 e. The molecule has 0 saturated carbocycles. The first-order valence-corrected chi connectivity index (χ1v) is 5.98. The molecule has 0 aromatic carbocycles. The predicted octanol–water partition coefficient (Wildman–Crippen LogP) is 2.04. The summed E-state index contributed by atoms with van der Waals surface area (Å²) in [6.45, 7) is 0.839. The molecule has 5 nitrogen and oxygen atoms in total. The Kier molecular flexibility index (Phi) is 2.65. The molecule has 0 spiro atoms. The zero-order chi connectivity index (χ0) is 13.4. The summed E-state index contributed by atoms with van der Waals surface area (Å²) >= 11 is 0. The molecule has 3 rings (SSSR count). The highest BCUT2D eigenvalue weighted by Crippen LogP contribution is 2.24. The molecule has 0 fully saturated rings. The summed E-state index contributed by atoms with van der Waals surface area (Å²) in [5.41, 5.74) is 3.30. The van der Waals surface area contributed by atoms with E-state index in [4.69, 9.17) is 5.26 Å². The van der Waals surface area contributed by atoms with Crippen molar-refractivity contribution in [2.24, 2.45) is 0 Å². The zero-order valence-corrected chi connectivity index (χ0v) is 10.8. The molecule has 3 aromatic rings. The Labute approximate surface area is 110 Å². The number of rotatable bonds is 2. The molecule has 0 unspecified atom stereocenters. The van der Waals surface area contributed by atoms with E-state index in [-0.39, 0.29) is 0 Å². The van der Waals surface area contributed by atoms with Crippen molar-refractivity contribution in [2.75, 3.05) is 14.1 Å². The largest absolute Gasteiger partial charge is 0.338 e. The summed E-state index contributed by atoms with van der Waals surface area (Å²) < 4.78 is 0. The van der Waals surface area contributed by atoms with Crippen LogP contribution in [0.3, 0.4) is 0 Å². The average Bonchev–Trinajstić information content (AvgIpc) is 2.75. The van der Waals surface area contributed by atoms with Gasteiger partial charge in [0.05, 0.1) is 11.7 Å². The fraction of sp³-hybridized carbons (Fsp3) is 0.214. The Morgan fingerprint density at radius 1 is 1.21 bits per heavy atom. The van der Waals surface area contributed by atoms with Crippen LogP contribution in [0.5, 0.6) is 0 Å². The van der Waals surface area contributed by atoms with Gasteiger partial charge in [-0.1, -0.05) is 0 Å². The van der Waals surface area contributed by atoms with Crippen LogP contribution in [-0.4, -0.2) is 33.9 Å². The average molecular weight is 251 g/mol. The summed E-state index contributed by atoms with van der Waals surface area (Å²) in [6.07, 6.45) is 3.55. The van der Waals surface area contributed by atoms with E-state index < -0.39 is 0 Å². The van der Waals surface area contributed by atoms with Gasteiger partial charge in [0, 0.05) is 23.5 Å². The summed E-state index contributed by atoms with van der Waals surface area (Å²) in [5.74, 6) is 0. The number of H-pyrrole nitrogens is 1. The molecule has 3 heterocycles. The first-order valence-electron chi connectivity index (χ1n) is 5.98. The number of nitrogens with zero attached hydrogens (tertiary/aromatic N) is 4. The topological polar surface area (TPSA) is 68.6 Å². The molecular formula is C14H13N5. The van der Waals surface area contributed by atoms with E-state index in [0.717, 1.165) is 34.0 Å². The van der Waals surface area contributed by atoms with Crippen LogP contribution in [0, 0.1) is 11.3 Å². The van der Waals surface area contributed by atoms with E-state index in [1.807, 2.05) is 20.3 Å². The first kappa shape index (κ1) is 11.6. The molecule has 0 radical (unpaired) electrons. The SMILES string of the molecule is CN(C)Cc1cnc2[nH]c3cnc(C#N)cc3c2c1. The first-order chi connectivity index (χ1) is 9.17. The van der Waals surface area contributed by atoms with E-state index in [1.54, 1.807) is 12.3 Å². The number of hydrogen-bond acceptors (Lipinski definition) is 4. The van der Waals surface area contributed by atoms with E-state index in [2.05, 4.69) is 32.0 Å². The van der Waals surface area contributed by atoms with Crippen LogP contribution in [0.1, 0.15) is 11.3 Å². The molecule has 19 heavy (non-hydrogen) atoms. The van der Waals surface area contributed by atoms with E-state index in [0.29, 0.717) is 5.69 Å². The van der Waals surface area contributed by atoms with Gasteiger partial charge in [-0.15, -0.1) is 0 Å². The van der Waals surface area contributed by atoms with Gasteiger partial charge in [-0.3, -0.25) is 0 Å². The predicted molar refractivity (Wildman–Crippen MR) is 73.5 cm³/mol. The lowest BCUT2D eigenvalue weighted by molar-refractivity contribution is 0.402. The zero-order valence-electron chi connectivity index (χ0n) is 10.8. The smallest absolute Gasteiger partial charge is 0.141 e. The number of aromatic nitrogens is 3. The maximum Gasteiger partial charge on any atom is 0.141 e. The van der Waals surface area contributed by atoms with Gasteiger partial charge in [0.25, 0.3) is 0 Å². The van der Waals surface area contributed by atoms with Crippen LogP contribution < -0.4 is 0 Å². The number of nitrogens with one attached hydrogen (secondary N) is 1. The van der Waals surface area contributed by atoms with Gasteiger partial charge in [-0.2, -0.15) is 5.26 Å². The Bertz CT molecular complexity index is 795. The van der Waals surface area contributed by atoms with Crippen LogP contribution in [0.2, 0.25) is 0 Å². The van der Waals surface area contributed by atoms with Gasteiger partial charge < -0.3 is 9.88 Å². The van der Waals surface area contributed by atoms with Crippen molar-refractivity contribution in [1.29, 1.82) is 5.26 Å². The van der Waals surface area contributed by atoms with E-state index >= 15 is 0 Å². The number of fused-ring (bicyclic) bond motifs is 3. The lowest BCUT2D eigenvalue weighted by atomic mass is 10.1. The van der Waals surface area contributed by atoms with E-state index in [9.17, 15) is 0 Å². The third kappa shape index (κ3) is 2.02. The number of hydrogen-bond donors (Lipinski definition) is 1. The summed E-state index contributed by atoms with van der Waals surface area (Å²) in [6, 6.07) is 5.98. The monoisotopic (exact) mass is 251 g/mol. The van der Waals surface area contributed by atoms with Crippen LogP contribution in [0.15, 0.2) is 24.5 Å². The molecule has 3 aromatic heterocycles. The van der Waals surface area contributed by atoms with Crippen molar-refractivity contribution in [3.63, 3.8) is 0 Å². The van der Waals surface area contributed by atoms with Crippen molar-refractivity contribution < 1.29 is 0 Å². The van der Waals surface area contributed by atoms with Crippen LogP contribution in [0.25, 0.3) is 21.9 Å². The minimum absolute atomic E-state index is 0.423. The van der Waals surface area contributed by atoms with Crippen molar-refractivity contribution in [3.05, 3.63) is 35.8 Å². The number of nitriles is 1. The summed E-state index contributed by atoms with van der Waals surface area (Å²) in [7, 11) is 4.05. The molecule has 0 aliphatic rings. The molecule has 0 amide bonds. The molecule has 0 saturated heterocycles. The lowest BCUT2D eigenvalue weighted by Crippen LogP contribution is -2.10. The van der Waals surface area contributed by atoms with Crippen molar-refractivity contribution in [3.8, 4) is 6.07 Å². The van der Waals surface area contributed by atoms with Crippen LogP contribution in [-0.2, 0) is 6.54 Å². The Morgan fingerprint density at radius 2 is 2.05 bits per heavy atom. The third-order valence-electron chi connectivity index (χ3n) is 3.00. The minimum atomic E-state index is 0.423. The second-order valence-corrected chi connectivity index (χ2v) is 4.83. The van der Waals surface area contributed by atoms with Gasteiger partial charge >= 0.3 is 0 Å². The molecule has 0 aliphatic heterocycles. The van der Waals surface area contributed by atoms with Crippen molar-refractivity contribution in [2.45, 2.75) is 6.54 Å². The molecular weight excluding hydrogens is 238 g/mol. The molecule has 0 atom stereocenters. The van der Waals surface area contributed by atoms with Crippen molar-refractivity contribution in [1.82, 2.24) is 19.9 Å². The Morgan fingerprint density at radius 3 is 2.79 bits per heavy atom. The Balaban J connectivity index is 2.24. The molecule has 0 aliphatic carbocycles. The van der Waals surface area contributed by atoms with Crippen LogP contribution in [0.4, 0.5) is 0 Å².